The van der Waals surface area contributed by atoms with Gasteiger partial charge in [-0.2, -0.15) is 0 Å². The molecule has 33 heteroatoms. The summed E-state index contributed by atoms with van der Waals surface area (Å²) in [5, 5.41) is 218. The van der Waals surface area contributed by atoms with E-state index in [9.17, 15) is 28.8 Å². The molecule has 0 unspecified atom stereocenters. The van der Waals surface area contributed by atoms with Crippen molar-refractivity contribution in [2.24, 2.45) is 0 Å². The van der Waals surface area contributed by atoms with Crippen molar-refractivity contribution in [3.05, 3.63) is 0 Å². The molecule has 27 N–H and O–H groups in total. The van der Waals surface area contributed by atoms with Gasteiger partial charge in [-0.15, -0.1) is 0 Å². The topological polar surface area (TPSA) is 649 Å². The number of carbonyl (C=O) groups is 6. The molecule has 0 aliphatic rings. The zero-order chi connectivity index (χ0) is 81.9. The van der Waals surface area contributed by atoms with Gasteiger partial charge in [0.2, 0.25) is 0 Å². The predicted molar refractivity (Wildman–Crippen MR) is 387 cm³/mol. The lowest BCUT2D eigenvalue weighted by molar-refractivity contribution is -0.138. The van der Waals surface area contributed by atoms with E-state index in [0.717, 1.165) is 77.0 Å². The van der Waals surface area contributed by atoms with Crippen LogP contribution in [0.1, 0.15) is 273 Å². The van der Waals surface area contributed by atoms with E-state index in [2.05, 4.69) is 41.5 Å². The van der Waals surface area contributed by atoms with E-state index in [4.69, 9.17) is 138 Å². The van der Waals surface area contributed by atoms with Gasteiger partial charge < -0.3 is 138 Å². The first-order chi connectivity index (χ1) is 48.3. The fourth-order valence-corrected chi connectivity index (χ4v) is 5.68. The van der Waals surface area contributed by atoms with Gasteiger partial charge in [0, 0.05) is 38.5 Å². The minimum atomic E-state index is -0.954. The number of hydrogen-bond donors (Lipinski definition) is 27. The van der Waals surface area contributed by atoms with Crippen molar-refractivity contribution in [3.8, 4) is 0 Å². The van der Waals surface area contributed by atoms with Crippen LogP contribution in [0.3, 0.4) is 0 Å². The number of aliphatic hydroxyl groups excluding tert-OH is 21. The zero-order valence-electron chi connectivity index (χ0n) is 62.9. The van der Waals surface area contributed by atoms with Crippen LogP contribution < -0.4 is 0 Å². The molecule has 0 bridgehead atoms. The van der Waals surface area contributed by atoms with Crippen molar-refractivity contribution in [1.29, 1.82) is 0 Å². The van der Waals surface area contributed by atoms with E-state index in [0.29, 0.717) is 38.5 Å². The summed E-state index contributed by atoms with van der Waals surface area (Å²) in [6, 6.07) is 0. The molecule has 0 spiro atoms. The molecule has 626 valence electrons. The Balaban J connectivity index is -0.0000000770. The maximum absolute atomic E-state index is 10.0. The smallest absolute Gasteiger partial charge is 0.303 e. The molecule has 0 aromatic heterocycles. The Morgan fingerprint density at radius 2 is 0.245 bits per heavy atom. The molecular formula is C69H152O33. The average molecular weight is 1510 g/mol. The third kappa shape index (κ3) is 199. The van der Waals surface area contributed by atoms with Gasteiger partial charge in [-0.3, -0.25) is 28.8 Å². The van der Waals surface area contributed by atoms with Crippen LogP contribution in [-0.4, -0.2) is 309 Å². The van der Waals surface area contributed by atoms with Gasteiger partial charge in [0.05, 0.1) is 92.5 Å². The number of aliphatic carboxylic acids is 6. The molecule has 0 heterocycles. The van der Waals surface area contributed by atoms with Crippen molar-refractivity contribution < 1.29 is 167 Å². The second-order valence-corrected chi connectivity index (χ2v) is 22.5. The third-order valence-corrected chi connectivity index (χ3v) is 11.9. The molecule has 102 heavy (non-hydrogen) atoms. The SMILES string of the molecule is CCCCCCCC(=O)O.CCCCCCCC(=O)O.CCCCCCCC(=O)O.CCCCCCCC(=O)O.CCCCCCCC(=O)O.CCCCCCCC(=O)O.OCC(O)CO.OCC(O)CO.OCC(O)CO.OCC(O)CO.OCC(O)CO.OCC(O)CO.OCC(O)CO. The van der Waals surface area contributed by atoms with Crippen LogP contribution in [-0.2, 0) is 28.8 Å². The maximum Gasteiger partial charge on any atom is 0.303 e. The van der Waals surface area contributed by atoms with Crippen LogP contribution in [0, 0.1) is 0 Å². The lowest BCUT2D eigenvalue weighted by Crippen LogP contribution is -2.15. The highest BCUT2D eigenvalue weighted by atomic mass is 16.4. The number of rotatable bonds is 50. The minimum Gasteiger partial charge on any atom is -0.481 e. The molecule has 0 aromatic carbocycles. The highest BCUT2D eigenvalue weighted by molar-refractivity contribution is 5.68. The summed E-state index contributed by atoms with van der Waals surface area (Å²) < 4.78 is 0. The number of carboxylic acids is 6. The molecule has 0 radical (unpaired) electrons. The lowest BCUT2D eigenvalue weighted by Gasteiger charge is -1.96. The Morgan fingerprint density at radius 1 is 0.167 bits per heavy atom. The number of aliphatic hydroxyl groups is 21. The van der Waals surface area contributed by atoms with Crippen LogP contribution in [0.15, 0.2) is 0 Å². The monoisotopic (exact) mass is 1510 g/mol. The highest BCUT2D eigenvalue weighted by Gasteiger charge is 2.02. The number of hydrogen-bond acceptors (Lipinski definition) is 27. The Labute approximate surface area is 608 Å². The Morgan fingerprint density at radius 3 is 0.294 bits per heavy atom. The van der Waals surface area contributed by atoms with E-state index in [1.54, 1.807) is 0 Å². The van der Waals surface area contributed by atoms with Crippen LogP contribution in [0.2, 0.25) is 0 Å². The second kappa shape index (κ2) is 124. The van der Waals surface area contributed by atoms with Crippen molar-refractivity contribution in [2.75, 3.05) is 92.5 Å². The molecule has 0 aliphatic heterocycles. The van der Waals surface area contributed by atoms with Crippen molar-refractivity contribution in [3.63, 3.8) is 0 Å². The zero-order valence-corrected chi connectivity index (χ0v) is 62.9. The second-order valence-electron chi connectivity index (χ2n) is 22.5. The Hall–Kier alpha value is -4.02. The summed E-state index contributed by atoms with van der Waals surface area (Å²) in [5.74, 6) is -4.02. The first-order valence-electron chi connectivity index (χ1n) is 35.9. The lowest BCUT2D eigenvalue weighted by atomic mass is 10.1. The van der Waals surface area contributed by atoms with Gasteiger partial charge in [-0.1, -0.05) is 196 Å². The van der Waals surface area contributed by atoms with Crippen molar-refractivity contribution in [1.82, 2.24) is 0 Å². The van der Waals surface area contributed by atoms with Crippen LogP contribution >= 0.6 is 0 Å². The van der Waals surface area contributed by atoms with Crippen LogP contribution in [0.4, 0.5) is 0 Å². The van der Waals surface area contributed by atoms with Crippen molar-refractivity contribution in [2.45, 2.75) is 315 Å². The van der Waals surface area contributed by atoms with Gasteiger partial charge in [0.15, 0.2) is 0 Å². The summed E-state index contributed by atoms with van der Waals surface area (Å²) in [6.45, 7) is 7.80. The van der Waals surface area contributed by atoms with Crippen LogP contribution in [0.25, 0.3) is 0 Å². The van der Waals surface area contributed by atoms with Gasteiger partial charge in [-0.05, 0) is 38.5 Å². The molecule has 0 atom stereocenters. The average Bonchev–Trinajstić information content (AvgIpc) is 3.86. The van der Waals surface area contributed by atoms with E-state index in [-0.39, 0.29) is 92.5 Å². The van der Waals surface area contributed by atoms with Crippen LogP contribution in [0.5, 0.6) is 0 Å². The molecule has 0 saturated carbocycles. The normalized spacial score (nSPS) is 9.82. The van der Waals surface area contributed by atoms with E-state index in [1.165, 1.54) is 116 Å². The van der Waals surface area contributed by atoms with Gasteiger partial charge in [0.1, 0.15) is 42.7 Å². The Bertz CT molecular complexity index is 1200. The largest absolute Gasteiger partial charge is 0.481 e. The minimum absolute atomic E-state index is 0.337. The quantitative estimate of drug-likeness (QED) is 0.0389. The van der Waals surface area contributed by atoms with Gasteiger partial charge >= 0.3 is 35.8 Å². The fourth-order valence-electron chi connectivity index (χ4n) is 5.68. The Kier molecular flexibility index (Phi) is 155. The van der Waals surface area contributed by atoms with E-state index < -0.39 is 78.5 Å². The summed E-state index contributed by atoms with van der Waals surface area (Å²) in [4.78, 5) is 60.2. The molecule has 0 aliphatic carbocycles. The first-order valence-corrected chi connectivity index (χ1v) is 35.9. The predicted octanol–water partition coefficient (Wildman–Crippen LogP) is 2.91. The van der Waals surface area contributed by atoms with Gasteiger partial charge in [-0.25, -0.2) is 0 Å². The fraction of sp³-hybridized carbons (Fsp3) is 0.913. The highest BCUT2D eigenvalue weighted by Crippen LogP contribution is 2.08. The summed E-state index contributed by atoms with van der Waals surface area (Å²) >= 11 is 0. The molecular weight excluding hydrogens is 1360 g/mol. The summed E-state index contributed by atoms with van der Waals surface area (Å²) in [6.07, 6.45) is 28.6. The molecule has 0 saturated heterocycles. The van der Waals surface area contributed by atoms with Gasteiger partial charge in [0.25, 0.3) is 0 Å². The molecule has 0 aromatic rings. The molecule has 0 fully saturated rings. The summed E-state index contributed by atoms with van der Waals surface area (Å²) in [5.41, 5.74) is 0. The summed E-state index contributed by atoms with van der Waals surface area (Å²) in [7, 11) is 0. The van der Waals surface area contributed by atoms with E-state index in [1.807, 2.05) is 0 Å². The molecule has 0 amide bonds. The third-order valence-electron chi connectivity index (χ3n) is 11.9. The molecule has 33 nitrogen and oxygen atoms in total. The van der Waals surface area contributed by atoms with Crippen molar-refractivity contribution >= 4 is 35.8 Å². The molecule has 0 rings (SSSR count). The maximum atomic E-state index is 10.0. The number of unbranched alkanes of at least 4 members (excludes halogenated alkanes) is 24. The number of carboxylic acid groups (broad SMARTS) is 6. The standard InChI is InChI=1S/6C8H16O2.7C3H8O3/c6*1-2-3-4-5-6-7-8(9)10;7*4-1-3(6)2-5/h6*2-7H2,1H3,(H,9,10);7*3-6H,1-2H2. The van der Waals surface area contributed by atoms with E-state index >= 15 is 0 Å². The first kappa shape index (κ1) is 128.